The summed E-state index contributed by atoms with van der Waals surface area (Å²) in [6.45, 7) is 6.33. The lowest BCUT2D eigenvalue weighted by atomic mass is 10.00. The van der Waals surface area contributed by atoms with Gasteiger partial charge in [0.1, 0.15) is 12.1 Å². The number of ether oxygens (including phenoxy) is 1. The minimum absolute atomic E-state index is 0.0419. The van der Waals surface area contributed by atoms with Crippen molar-refractivity contribution in [2.45, 2.75) is 37.9 Å². The van der Waals surface area contributed by atoms with Gasteiger partial charge in [0.2, 0.25) is 5.91 Å². The third-order valence-corrected chi connectivity index (χ3v) is 5.62. The number of rotatable bonds is 8. The first-order valence-electron chi connectivity index (χ1n) is 9.54. The predicted octanol–water partition coefficient (Wildman–Crippen LogP) is 4.37. The van der Waals surface area contributed by atoms with Gasteiger partial charge in [-0.15, -0.1) is 10.2 Å². The lowest BCUT2D eigenvalue weighted by Gasteiger charge is -2.15. The second-order valence-electron chi connectivity index (χ2n) is 7.08. The van der Waals surface area contributed by atoms with Crippen molar-refractivity contribution in [2.24, 2.45) is 0 Å². The zero-order valence-corrected chi connectivity index (χ0v) is 17.9. The highest BCUT2D eigenvalue weighted by molar-refractivity contribution is 7.99. The smallest absolute Gasteiger partial charge is 0.230 e. The van der Waals surface area contributed by atoms with Crippen LogP contribution < -0.4 is 10.1 Å². The summed E-state index contributed by atoms with van der Waals surface area (Å²) < 4.78 is 7.04. The third-order valence-electron chi connectivity index (χ3n) is 4.68. The summed E-state index contributed by atoms with van der Waals surface area (Å²) in [4.78, 5) is 12.4. The van der Waals surface area contributed by atoms with Crippen LogP contribution in [0.25, 0.3) is 5.69 Å². The molecule has 1 N–H and O–H groups in total. The van der Waals surface area contributed by atoms with Crippen LogP contribution in [0.1, 0.15) is 43.9 Å². The molecule has 1 unspecified atom stereocenters. The number of thioether (sulfide) groups is 1. The Morgan fingerprint density at radius 1 is 1.07 bits per heavy atom. The fourth-order valence-corrected chi connectivity index (χ4v) is 3.65. The van der Waals surface area contributed by atoms with Crippen molar-refractivity contribution >= 4 is 17.7 Å². The van der Waals surface area contributed by atoms with E-state index in [1.54, 1.807) is 13.4 Å². The van der Waals surface area contributed by atoms with Crippen LogP contribution in [0.4, 0.5) is 0 Å². The molecule has 1 heterocycles. The molecule has 2 aromatic carbocycles. The van der Waals surface area contributed by atoms with Gasteiger partial charge in [-0.25, -0.2) is 0 Å². The Morgan fingerprint density at radius 3 is 2.34 bits per heavy atom. The van der Waals surface area contributed by atoms with E-state index in [0.717, 1.165) is 17.0 Å². The highest BCUT2D eigenvalue weighted by atomic mass is 32.2. The van der Waals surface area contributed by atoms with Crippen LogP contribution in [0.3, 0.4) is 0 Å². The van der Waals surface area contributed by atoms with E-state index < -0.39 is 0 Å². The Labute approximate surface area is 175 Å². The normalized spacial score (nSPS) is 12.0. The molecule has 29 heavy (non-hydrogen) atoms. The SMILES string of the molecule is COc1ccc(-n2cnnc2SCC(=O)NC(C)c2ccc(C(C)C)cc2)cc1. The van der Waals surface area contributed by atoms with Gasteiger partial charge in [0.15, 0.2) is 5.16 Å². The molecule has 0 fully saturated rings. The largest absolute Gasteiger partial charge is 0.497 e. The molecule has 0 aliphatic heterocycles. The Morgan fingerprint density at radius 2 is 1.72 bits per heavy atom. The zero-order valence-electron chi connectivity index (χ0n) is 17.1. The first-order valence-corrected chi connectivity index (χ1v) is 10.5. The average Bonchev–Trinajstić information content (AvgIpc) is 3.21. The van der Waals surface area contributed by atoms with Gasteiger partial charge in [-0.2, -0.15) is 0 Å². The van der Waals surface area contributed by atoms with E-state index in [-0.39, 0.29) is 17.7 Å². The molecule has 0 saturated carbocycles. The Hall–Kier alpha value is -2.80. The Balaban J connectivity index is 1.57. The van der Waals surface area contributed by atoms with Crippen molar-refractivity contribution in [3.63, 3.8) is 0 Å². The molecule has 3 rings (SSSR count). The van der Waals surface area contributed by atoms with E-state index in [1.165, 1.54) is 17.3 Å². The molecule has 0 bridgehead atoms. The lowest BCUT2D eigenvalue weighted by molar-refractivity contribution is -0.119. The lowest BCUT2D eigenvalue weighted by Crippen LogP contribution is -2.28. The van der Waals surface area contributed by atoms with E-state index in [1.807, 2.05) is 35.8 Å². The van der Waals surface area contributed by atoms with Crippen molar-refractivity contribution in [2.75, 3.05) is 12.9 Å². The fourth-order valence-electron chi connectivity index (χ4n) is 2.91. The zero-order chi connectivity index (χ0) is 20.8. The van der Waals surface area contributed by atoms with Gasteiger partial charge in [-0.1, -0.05) is 49.9 Å². The molecule has 1 atom stereocenters. The highest BCUT2D eigenvalue weighted by Gasteiger charge is 2.13. The third kappa shape index (κ3) is 5.38. The molecule has 1 aromatic heterocycles. The molecule has 0 saturated heterocycles. The summed E-state index contributed by atoms with van der Waals surface area (Å²) in [6.07, 6.45) is 1.64. The molecule has 3 aromatic rings. The molecule has 6 nitrogen and oxygen atoms in total. The highest BCUT2D eigenvalue weighted by Crippen LogP contribution is 2.22. The van der Waals surface area contributed by atoms with Crippen molar-refractivity contribution < 1.29 is 9.53 Å². The van der Waals surface area contributed by atoms with Crippen LogP contribution in [0.2, 0.25) is 0 Å². The van der Waals surface area contributed by atoms with Gasteiger partial charge in [0, 0.05) is 5.69 Å². The van der Waals surface area contributed by atoms with E-state index in [4.69, 9.17) is 4.74 Å². The number of methoxy groups -OCH3 is 1. The molecular formula is C22H26N4O2S. The molecular weight excluding hydrogens is 384 g/mol. The van der Waals surface area contributed by atoms with Crippen LogP contribution in [-0.2, 0) is 4.79 Å². The van der Waals surface area contributed by atoms with E-state index in [9.17, 15) is 4.79 Å². The van der Waals surface area contributed by atoms with Gasteiger partial charge in [-0.05, 0) is 48.2 Å². The summed E-state index contributed by atoms with van der Waals surface area (Å²) >= 11 is 1.36. The number of aromatic nitrogens is 3. The standard InChI is InChI=1S/C22H26N4O2S/c1-15(2)17-5-7-18(8-6-17)16(3)24-21(27)13-29-22-25-23-14-26(22)19-9-11-20(28-4)12-10-19/h5-12,14-16H,13H2,1-4H3,(H,24,27). The minimum atomic E-state index is -0.0521. The number of benzene rings is 2. The van der Waals surface area contributed by atoms with E-state index >= 15 is 0 Å². The molecule has 152 valence electrons. The quantitative estimate of drug-likeness (QED) is 0.559. The van der Waals surface area contributed by atoms with Gasteiger partial charge >= 0.3 is 0 Å². The van der Waals surface area contributed by atoms with E-state index in [0.29, 0.717) is 11.1 Å². The molecule has 0 aliphatic rings. The van der Waals surface area contributed by atoms with Crippen LogP contribution in [0, 0.1) is 0 Å². The summed E-state index contributed by atoms with van der Waals surface area (Å²) in [5, 5.41) is 11.8. The Bertz CT molecular complexity index is 936. The number of hydrogen-bond donors (Lipinski definition) is 1. The van der Waals surface area contributed by atoms with Crippen LogP contribution in [-0.4, -0.2) is 33.5 Å². The van der Waals surface area contributed by atoms with Crippen molar-refractivity contribution in [1.29, 1.82) is 0 Å². The van der Waals surface area contributed by atoms with E-state index in [2.05, 4.69) is 53.6 Å². The number of nitrogens with zero attached hydrogens (tertiary/aromatic N) is 3. The predicted molar refractivity (Wildman–Crippen MR) is 116 cm³/mol. The van der Waals surface area contributed by atoms with Gasteiger partial charge in [0.25, 0.3) is 0 Å². The second-order valence-corrected chi connectivity index (χ2v) is 8.02. The summed E-state index contributed by atoms with van der Waals surface area (Å²) in [5.74, 6) is 1.50. The van der Waals surface area contributed by atoms with Crippen LogP contribution in [0.15, 0.2) is 60.0 Å². The maximum absolute atomic E-state index is 12.4. The summed E-state index contributed by atoms with van der Waals surface area (Å²) in [6, 6.07) is 15.9. The van der Waals surface area contributed by atoms with Crippen LogP contribution >= 0.6 is 11.8 Å². The Kier molecular flexibility index (Phi) is 6.93. The van der Waals surface area contributed by atoms with Crippen molar-refractivity contribution in [3.05, 3.63) is 66.0 Å². The van der Waals surface area contributed by atoms with Crippen LogP contribution in [0.5, 0.6) is 5.75 Å². The fraction of sp³-hybridized carbons (Fsp3) is 0.318. The van der Waals surface area contributed by atoms with Gasteiger partial charge in [-0.3, -0.25) is 9.36 Å². The topological polar surface area (TPSA) is 69.0 Å². The van der Waals surface area contributed by atoms with Crippen molar-refractivity contribution in [1.82, 2.24) is 20.1 Å². The average molecular weight is 411 g/mol. The number of carbonyl (C=O) groups excluding carboxylic acids is 1. The molecule has 0 aliphatic carbocycles. The molecule has 1 amide bonds. The van der Waals surface area contributed by atoms with Gasteiger partial charge < -0.3 is 10.1 Å². The monoisotopic (exact) mass is 410 g/mol. The first kappa shape index (κ1) is 20.9. The molecule has 0 radical (unpaired) electrons. The first-order chi connectivity index (χ1) is 14.0. The van der Waals surface area contributed by atoms with Gasteiger partial charge in [0.05, 0.1) is 18.9 Å². The summed E-state index contributed by atoms with van der Waals surface area (Å²) in [5.41, 5.74) is 3.30. The van der Waals surface area contributed by atoms with Crippen molar-refractivity contribution in [3.8, 4) is 11.4 Å². The minimum Gasteiger partial charge on any atom is -0.497 e. The maximum atomic E-state index is 12.4. The second kappa shape index (κ2) is 9.60. The number of amides is 1. The molecule has 7 heteroatoms. The number of carbonyl (C=O) groups is 1. The number of nitrogens with one attached hydrogen (secondary N) is 1. The maximum Gasteiger partial charge on any atom is 0.230 e. The molecule has 0 spiro atoms. The summed E-state index contributed by atoms with van der Waals surface area (Å²) in [7, 11) is 1.63. The number of hydrogen-bond acceptors (Lipinski definition) is 5.